The Kier molecular flexibility index (Phi) is 7.33. The lowest BCUT2D eigenvalue weighted by Gasteiger charge is -2.35. The summed E-state index contributed by atoms with van der Waals surface area (Å²) in [5.41, 5.74) is 8.80. The summed E-state index contributed by atoms with van der Waals surface area (Å²) < 4.78 is 26.2. The Labute approximate surface area is 208 Å². The number of rotatable bonds is 5. The highest BCUT2D eigenvalue weighted by molar-refractivity contribution is 6.30. The van der Waals surface area contributed by atoms with Crippen LogP contribution in [0.15, 0.2) is 18.2 Å². The van der Waals surface area contributed by atoms with E-state index in [0.29, 0.717) is 51.8 Å². The second-order valence-corrected chi connectivity index (χ2v) is 9.57. The molecule has 0 spiro atoms. The zero-order chi connectivity index (χ0) is 24.4. The highest BCUT2D eigenvalue weighted by Gasteiger charge is 2.35. The number of primary amides is 1. The van der Waals surface area contributed by atoms with Crippen molar-refractivity contribution in [1.82, 2.24) is 20.2 Å². The van der Waals surface area contributed by atoms with Crippen molar-refractivity contribution in [2.45, 2.75) is 43.9 Å². The van der Waals surface area contributed by atoms with Crippen LogP contribution in [-0.4, -0.2) is 72.5 Å². The topological polar surface area (TPSA) is 115 Å². The first kappa shape index (κ1) is 24.2. The number of aromatic nitrogens is 2. The molecule has 1 aromatic heterocycles. The van der Waals surface area contributed by atoms with Crippen molar-refractivity contribution in [3.8, 4) is 0 Å². The summed E-state index contributed by atoms with van der Waals surface area (Å²) in [4.78, 5) is 23.3. The number of nitrogens with one attached hydrogen (secondary N) is 2. The van der Waals surface area contributed by atoms with Crippen molar-refractivity contribution < 1.29 is 18.7 Å². The summed E-state index contributed by atoms with van der Waals surface area (Å²) >= 11 is 6.00. The minimum absolute atomic E-state index is 0.0684. The van der Waals surface area contributed by atoms with Crippen LogP contribution in [0.2, 0.25) is 5.02 Å². The average Bonchev–Trinajstić information content (AvgIpc) is 2.87. The maximum Gasteiger partial charge on any atom is 0.315 e. The maximum atomic E-state index is 14.6. The number of halogens is 2. The van der Waals surface area contributed by atoms with E-state index in [1.165, 1.54) is 6.07 Å². The number of nitrogens with zero attached hydrogens (tertiary/aromatic N) is 3. The van der Waals surface area contributed by atoms with Gasteiger partial charge in [0.25, 0.3) is 0 Å². The number of carbonyl (C=O) groups excluding carboxylic acids is 1. The van der Waals surface area contributed by atoms with Gasteiger partial charge in [0.2, 0.25) is 5.95 Å². The molecule has 0 bridgehead atoms. The average molecular weight is 505 g/mol. The molecule has 35 heavy (non-hydrogen) atoms. The number of anilines is 1. The molecular formula is C24H30ClFN6O3. The van der Waals surface area contributed by atoms with Crippen molar-refractivity contribution in [2.24, 2.45) is 5.73 Å². The molecule has 0 saturated carbocycles. The molecular weight excluding hydrogens is 475 g/mol. The molecule has 5 rings (SSSR count). The standard InChI is InChI=1S/C24H30ClFN6O3/c25-17-2-1-14(11-18(17)26)21(20-12-28-6-10-35-20)22-16-3-7-32(23(27)33)13-19(16)30-24(31-22)29-15-4-8-34-9-5-15/h1-2,11,15,20-21,28H,3-10,12-13H2,(H2,27,33)(H,29,30,31)/t20-,21-/m0/s1. The van der Waals surface area contributed by atoms with Gasteiger partial charge >= 0.3 is 6.03 Å². The zero-order valence-corrected chi connectivity index (χ0v) is 20.2. The van der Waals surface area contributed by atoms with E-state index in [1.54, 1.807) is 11.0 Å². The Morgan fingerprint density at radius 1 is 1.29 bits per heavy atom. The molecule has 0 aliphatic carbocycles. The predicted molar refractivity (Wildman–Crippen MR) is 129 cm³/mol. The van der Waals surface area contributed by atoms with Crippen LogP contribution in [-0.2, 0) is 22.4 Å². The minimum atomic E-state index is -0.485. The second kappa shape index (κ2) is 10.6. The van der Waals surface area contributed by atoms with E-state index in [0.717, 1.165) is 41.9 Å². The number of hydrogen-bond donors (Lipinski definition) is 3. The molecule has 2 fully saturated rings. The molecule has 11 heteroatoms. The van der Waals surface area contributed by atoms with Crippen molar-refractivity contribution in [3.05, 3.63) is 51.6 Å². The lowest BCUT2D eigenvalue weighted by atomic mass is 9.85. The van der Waals surface area contributed by atoms with E-state index >= 15 is 0 Å². The highest BCUT2D eigenvalue weighted by Crippen LogP contribution is 2.36. The molecule has 2 amide bonds. The highest BCUT2D eigenvalue weighted by atomic mass is 35.5. The van der Waals surface area contributed by atoms with Crippen molar-refractivity contribution >= 4 is 23.6 Å². The first-order chi connectivity index (χ1) is 17.0. The van der Waals surface area contributed by atoms with E-state index in [1.807, 2.05) is 6.07 Å². The Morgan fingerprint density at radius 3 is 2.83 bits per heavy atom. The first-order valence-electron chi connectivity index (χ1n) is 12.0. The van der Waals surface area contributed by atoms with Crippen LogP contribution in [0.1, 0.15) is 41.3 Å². The number of hydrogen-bond acceptors (Lipinski definition) is 7. The molecule has 4 N–H and O–H groups in total. The predicted octanol–water partition coefficient (Wildman–Crippen LogP) is 2.42. The Bertz CT molecular complexity index is 1080. The Balaban J connectivity index is 1.60. The first-order valence-corrected chi connectivity index (χ1v) is 12.4. The smallest absolute Gasteiger partial charge is 0.315 e. The van der Waals surface area contributed by atoms with Gasteiger partial charge < -0.3 is 30.7 Å². The molecule has 188 valence electrons. The van der Waals surface area contributed by atoms with Crippen LogP contribution in [0.3, 0.4) is 0 Å². The molecule has 9 nitrogen and oxygen atoms in total. The van der Waals surface area contributed by atoms with Gasteiger partial charge in [0.05, 0.1) is 41.6 Å². The third-order valence-electron chi connectivity index (χ3n) is 6.89. The van der Waals surface area contributed by atoms with E-state index in [9.17, 15) is 9.18 Å². The SMILES string of the molecule is NC(=O)N1CCc2c(nc(NC3CCOCC3)nc2[C@@H](c2ccc(Cl)c(F)c2)[C@@H]2CNCCO2)C1. The fourth-order valence-corrected chi connectivity index (χ4v) is 5.17. The van der Waals surface area contributed by atoms with Crippen LogP contribution in [0.4, 0.5) is 15.1 Å². The molecule has 1 aromatic carbocycles. The van der Waals surface area contributed by atoms with Gasteiger partial charge in [0.1, 0.15) is 5.82 Å². The number of fused-ring (bicyclic) bond motifs is 1. The summed E-state index contributed by atoms with van der Waals surface area (Å²) in [5, 5.41) is 6.90. The maximum absolute atomic E-state index is 14.6. The number of morpholine rings is 1. The van der Waals surface area contributed by atoms with Gasteiger partial charge in [-0.05, 0) is 42.5 Å². The molecule has 2 aromatic rings. The molecule has 0 radical (unpaired) electrons. The van der Waals surface area contributed by atoms with Crippen LogP contribution in [0.5, 0.6) is 0 Å². The lowest BCUT2D eigenvalue weighted by molar-refractivity contribution is 0.0177. The quantitative estimate of drug-likeness (QED) is 0.573. The number of ether oxygens (including phenoxy) is 2. The monoisotopic (exact) mass is 504 g/mol. The third kappa shape index (κ3) is 5.35. The number of urea groups is 1. The number of nitrogens with two attached hydrogens (primary N) is 1. The molecule has 2 saturated heterocycles. The van der Waals surface area contributed by atoms with E-state index in [4.69, 9.17) is 36.8 Å². The van der Waals surface area contributed by atoms with E-state index < -0.39 is 11.8 Å². The fourth-order valence-electron chi connectivity index (χ4n) is 5.05. The summed E-state index contributed by atoms with van der Waals surface area (Å²) in [5.74, 6) is -0.344. The number of amides is 2. The molecule has 3 aliphatic rings. The molecule has 2 atom stereocenters. The summed E-state index contributed by atoms with van der Waals surface area (Å²) in [6.45, 7) is 4.03. The van der Waals surface area contributed by atoms with E-state index in [-0.39, 0.29) is 23.1 Å². The number of benzene rings is 1. The normalized spacial score (nSPS) is 21.9. The zero-order valence-electron chi connectivity index (χ0n) is 19.4. The largest absolute Gasteiger partial charge is 0.381 e. The molecule has 4 heterocycles. The van der Waals surface area contributed by atoms with Gasteiger partial charge in [0, 0.05) is 38.9 Å². The summed E-state index contributed by atoms with van der Waals surface area (Å²) in [6.07, 6.45) is 2.00. The molecule has 0 unspecified atom stereocenters. The van der Waals surface area contributed by atoms with Crippen LogP contribution in [0, 0.1) is 5.82 Å². The number of carbonyl (C=O) groups is 1. The minimum Gasteiger partial charge on any atom is -0.381 e. The van der Waals surface area contributed by atoms with Crippen LogP contribution in [0.25, 0.3) is 0 Å². The van der Waals surface area contributed by atoms with Crippen molar-refractivity contribution in [1.29, 1.82) is 0 Å². The summed E-state index contributed by atoms with van der Waals surface area (Å²) in [6, 6.07) is 4.56. The molecule has 3 aliphatic heterocycles. The Morgan fingerprint density at radius 2 is 2.11 bits per heavy atom. The van der Waals surface area contributed by atoms with Gasteiger partial charge in [-0.3, -0.25) is 0 Å². The summed E-state index contributed by atoms with van der Waals surface area (Å²) in [7, 11) is 0. The van der Waals surface area contributed by atoms with Gasteiger partial charge in [-0.15, -0.1) is 0 Å². The van der Waals surface area contributed by atoms with Crippen LogP contribution < -0.4 is 16.4 Å². The van der Waals surface area contributed by atoms with E-state index in [2.05, 4.69) is 10.6 Å². The van der Waals surface area contributed by atoms with Crippen molar-refractivity contribution in [3.63, 3.8) is 0 Å². The van der Waals surface area contributed by atoms with Gasteiger partial charge in [-0.2, -0.15) is 0 Å². The lowest BCUT2D eigenvalue weighted by Crippen LogP contribution is -2.44. The van der Waals surface area contributed by atoms with Crippen molar-refractivity contribution in [2.75, 3.05) is 44.8 Å². The van der Waals surface area contributed by atoms with Gasteiger partial charge in [-0.25, -0.2) is 19.2 Å². The van der Waals surface area contributed by atoms with Gasteiger partial charge in [0.15, 0.2) is 0 Å². The van der Waals surface area contributed by atoms with Crippen LogP contribution >= 0.6 is 11.6 Å². The third-order valence-corrected chi connectivity index (χ3v) is 7.20. The second-order valence-electron chi connectivity index (χ2n) is 9.16. The fraction of sp³-hybridized carbons (Fsp3) is 0.542. The Hall–Kier alpha value is -2.53. The van der Waals surface area contributed by atoms with Gasteiger partial charge in [-0.1, -0.05) is 17.7 Å².